The maximum absolute atomic E-state index is 14.6. The van der Waals surface area contributed by atoms with Crippen LogP contribution in [0.4, 0.5) is 10.1 Å². The normalized spacial score (nSPS) is 35.4. The SMILES string of the molecule is O=C(N(CC12CCC(c3nc(C4CC4)no3)(CC1)CC2)c1cccc(-c2nc(C3CC3)no2)c1)C12CC(F)C(C1)C2. The number of anilines is 1. The van der Waals surface area contributed by atoms with Gasteiger partial charge >= 0.3 is 0 Å². The van der Waals surface area contributed by atoms with Crippen LogP contribution in [0.5, 0.6) is 0 Å². The molecule has 8 aliphatic rings. The Morgan fingerprint density at radius 3 is 2.24 bits per heavy atom. The maximum atomic E-state index is 14.6. The lowest BCUT2D eigenvalue weighted by Crippen LogP contribution is -2.54. The molecule has 41 heavy (non-hydrogen) atoms. The van der Waals surface area contributed by atoms with Crippen LogP contribution in [0.1, 0.15) is 113 Å². The van der Waals surface area contributed by atoms with Crippen molar-refractivity contribution in [1.29, 1.82) is 0 Å². The van der Waals surface area contributed by atoms with Crippen LogP contribution in [0.3, 0.4) is 0 Å². The van der Waals surface area contributed by atoms with Crippen LogP contribution in [0.15, 0.2) is 33.3 Å². The minimum absolute atomic E-state index is 0.0271. The standard InChI is InChI=1S/C32H36FN5O3/c33-24-17-32(15-22(24)16-32)29(39)38(23-3-1-2-21(14-23)27-34-25(36-40-27)19-4-5-19)18-30-8-11-31(12-9-30,13-10-30)28-35-26(37-41-28)20-6-7-20/h1-3,14,19-20,22,24H,4-13,15-18H2. The van der Waals surface area contributed by atoms with Gasteiger partial charge in [-0.25, -0.2) is 4.39 Å². The lowest BCUT2D eigenvalue weighted by molar-refractivity contribution is -0.132. The first-order chi connectivity index (χ1) is 19.9. The molecule has 0 aliphatic heterocycles. The van der Waals surface area contributed by atoms with E-state index in [1.54, 1.807) is 0 Å². The Kier molecular flexibility index (Phi) is 5.06. The number of benzene rings is 1. The van der Waals surface area contributed by atoms with Gasteiger partial charge in [-0.1, -0.05) is 16.4 Å². The lowest BCUT2D eigenvalue weighted by Gasteiger charge is -2.54. The fraction of sp³-hybridized carbons (Fsp3) is 0.656. The molecule has 9 heteroatoms. The second-order valence-electron chi connectivity index (χ2n) is 14.4. The Morgan fingerprint density at radius 2 is 1.59 bits per heavy atom. The molecule has 8 aliphatic carbocycles. The van der Waals surface area contributed by atoms with Gasteiger partial charge in [-0.2, -0.15) is 9.97 Å². The predicted octanol–water partition coefficient (Wildman–Crippen LogP) is 6.64. The predicted molar refractivity (Wildman–Crippen MR) is 147 cm³/mol. The molecule has 1 aromatic carbocycles. The van der Waals surface area contributed by atoms with Crippen LogP contribution in [-0.4, -0.2) is 38.9 Å². The molecule has 8 nitrogen and oxygen atoms in total. The third kappa shape index (κ3) is 3.86. The molecule has 0 saturated heterocycles. The molecule has 0 N–H and O–H groups in total. The molecule has 214 valence electrons. The lowest BCUT2D eigenvalue weighted by atomic mass is 9.53. The molecule has 4 bridgehead atoms. The second-order valence-corrected chi connectivity index (χ2v) is 14.4. The van der Waals surface area contributed by atoms with Gasteiger partial charge in [0.05, 0.1) is 5.41 Å². The van der Waals surface area contributed by atoms with Gasteiger partial charge in [-0.15, -0.1) is 0 Å². The van der Waals surface area contributed by atoms with Gasteiger partial charge < -0.3 is 13.9 Å². The van der Waals surface area contributed by atoms with Gasteiger partial charge in [0.15, 0.2) is 11.6 Å². The van der Waals surface area contributed by atoms with E-state index < -0.39 is 11.6 Å². The highest BCUT2D eigenvalue weighted by Crippen LogP contribution is 2.62. The van der Waals surface area contributed by atoms with Crippen LogP contribution in [0, 0.1) is 16.7 Å². The zero-order chi connectivity index (χ0) is 27.4. The molecular weight excluding hydrogens is 521 g/mol. The third-order valence-corrected chi connectivity index (χ3v) is 11.6. The molecule has 1 atom stereocenters. The molecule has 8 saturated carbocycles. The Bertz CT molecular complexity index is 1490. The Balaban J connectivity index is 1.01. The monoisotopic (exact) mass is 557 g/mol. The molecule has 11 rings (SSSR count). The fourth-order valence-electron chi connectivity index (χ4n) is 8.52. The summed E-state index contributed by atoms with van der Waals surface area (Å²) in [6.07, 6.45) is 11.5. The van der Waals surface area contributed by atoms with E-state index in [0.29, 0.717) is 43.5 Å². The van der Waals surface area contributed by atoms with Gasteiger partial charge in [-0.05, 0) is 113 Å². The van der Waals surface area contributed by atoms with Crippen LogP contribution in [-0.2, 0) is 10.2 Å². The van der Waals surface area contributed by atoms with Gasteiger partial charge in [-0.3, -0.25) is 4.79 Å². The number of hydrogen-bond acceptors (Lipinski definition) is 7. The highest BCUT2D eigenvalue weighted by molar-refractivity contribution is 5.99. The van der Waals surface area contributed by atoms with Crippen LogP contribution in [0.25, 0.3) is 11.5 Å². The van der Waals surface area contributed by atoms with Crippen molar-refractivity contribution in [3.63, 3.8) is 0 Å². The molecule has 0 radical (unpaired) electrons. The summed E-state index contributed by atoms with van der Waals surface area (Å²) in [5, 5.41) is 8.51. The molecule has 3 aromatic rings. The number of amides is 1. The topological polar surface area (TPSA) is 98.2 Å². The van der Waals surface area contributed by atoms with Crippen molar-refractivity contribution in [2.45, 2.75) is 107 Å². The summed E-state index contributed by atoms with van der Waals surface area (Å²) >= 11 is 0. The molecule has 8 fully saturated rings. The zero-order valence-corrected chi connectivity index (χ0v) is 23.4. The number of fused-ring (bicyclic) bond motifs is 4. The number of carbonyl (C=O) groups excluding carboxylic acids is 1. The number of rotatable bonds is 8. The van der Waals surface area contributed by atoms with Crippen LogP contribution < -0.4 is 4.90 Å². The summed E-state index contributed by atoms with van der Waals surface area (Å²) < 4.78 is 26.1. The van der Waals surface area contributed by atoms with Crippen molar-refractivity contribution in [2.75, 3.05) is 11.4 Å². The van der Waals surface area contributed by atoms with Crippen molar-refractivity contribution in [2.24, 2.45) is 16.7 Å². The Hall–Kier alpha value is -3.10. The average molecular weight is 558 g/mol. The Morgan fingerprint density at radius 1 is 0.902 bits per heavy atom. The van der Waals surface area contributed by atoms with E-state index in [-0.39, 0.29) is 22.7 Å². The van der Waals surface area contributed by atoms with Crippen molar-refractivity contribution in [3.8, 4) is 11.5 Å². The van der Waals surface area contributed by atoms with E-state index in [4.69, 9.17) is 14.0 Å². The van der Waals surface area contributed by atoms with E-state index >= 15 is 0 Å². The summed E-state index contributed by atoms with van der Waals surface area (Å²) in [6.45, 7) is 0.656. The summed E-state index contributed by atoms with van der Waals surface area (Å²) in [4.78, 5) is 25.9. The van der Waals surface area contributed by atoms with Crippen molar-refractivity contribution >= 4 is 11.6 Å². The van der Waals surface area contributed by atoms with Crippen molar-refractivity contribution in [1.82, 2.24) is 20.3 Å². The highest BCUT2D eigenvalue weighted by atomic mass is 19.1. The minimum Gasteiger partial charge on any atom is -0.339 e. The van der Waals surface area contributed by atoms with Crippen LogP contribution >= 0.6 is 0 Å². The summed E-state index contributed by atoms with van der Waals surface area (Å²) in [5.74, 6) is 4.03. The van der Waals surface area contributed by atoms with Gasteiger partial charge in [0.2, 0.25) is 11.8 Å². The molecule has 0 spiro atoms. The first-order valence-corrected chi connectivity index (χ1v) is 15.7. The summed E-state index contributed by atoms with van der Waals surface area (Å²) in [5.41, 5.74) is 1.12. The quantitative estimate of drug-likeness (QED) is 0.306. The first kappa shape index (κ1) is 24.5. The van der Waals surface area contributed by atoms with E-state index in [1.807, 2.05) is 29.2 Å². The zero-order valence-electron chi connectivity index (χ0n) is 23.4. The number of carbonyl (C=O) groups is 1. The first-order valence-electron chi connectivity index (χ1n) is 15.7. The second kappa shape index (κ2) is 8.48. The maximum Gasteiger partial charge on any atom is 0.258 e. The van der Waals surface area contributed by atoms with E-state index in [0.717, 1.165) is 80.2 Å². The molecule has 1 amide bonds. The smallest absolute Gasteiger partial charge is 0.258 e. The van der Waals surface area contributed by atoms with Crippen molar-refractivity contribution < 1.29 is 18.2 Å². The summed E-state index contributed by atoms with van der Waals surface area (Å²) in [6, 6.07) is 7.96. The Labute approximate surface area is 238 Å². The highest BCUT2D eigenvalue weighted by Gasteiger charge is 2.62. The molecule has 1 unspecified atom stereocenters. The van der Waals surface area contributed by atoms with Gasteiger partial charge in [0.1, 0.15) is 6.17 Å². The summed E-state index contributed by atoms with van der Waals surface area (Å²) in [7, 11) is 0. The van der Waals surface area contributed by atoms with E-state index in [9.17, 15) is 9.18 Å². The molecule has 2 aromatic heterocycles. The largest absolute Gasteiger partial charge is 0.339 e. The number of halogens is 1. The minimum atomic E-state index is -0.857. The molecule has 2 heterocycles. The third-order valence-electron chi connectivity index (χ3n) is 11.6. The van der Waals surface area contributed by atoms with Gasteiger partial charge in [0, 0.05) is 35.0 Å². The van der Waals surface area contributed by atoms with E-state index in [2.05, 4.69) is 15.3 Å². The van der Waals surface area contributed by atoms with Gasteiger partial charge in [0.25, 0.3) is 5.89 Å². The number of alkyl halides is 1. The average Bonchev–Trinajstić information content (AvgIpc) is 3.85. The number of aromatic nitrogens is 4. The van der Waals surface area contributed by atoms with Crippen molar-refractivity contribution in [3.05, 3.63) is 41.8 Å². The fourth-order valence-corrected chi connectivity index (χ4v) is 8.52. The van der Waals surface area contributed by atoms with E-state index in [1.165, 1.54) is 12.8 Å². The number of hydrogen-bond donors (Lipinski definition) is 0. The molecular formula is C32H36FN5O3. The number of nitrogens with zero attached hydrogens (tertiary/aromatic N) is 5. The van der Waals surface area contributed by atoms with Crippen LogP contribution in [0.2, 0.25) is 0 Å².